The summed E-state index contributed by atoms with van der Waals surface area (Å²) in [6.07, 6.45) is 6.38. The molecular formula is C19H27ClIN5O. The van der Waals surface area contributed by atoms with Crippen molar-refractivity contribution >= 4 is 41.5 Å². The molecule has 148 valence electrons. The van der Waals surface area contributed by atoms with Gasteiger partial charge in [-0.15, -0.1) is 24.0 Å². The summed E-state index contributed by atoms with van der Waals surface area (Å²) in [7, 11) is 1.77. The van der Waals surface area contributed by atoms with Crippen molar-refractivity contribution in [2.75, 3.05) is 33.4 Å². The molecule has 8 heteroatoms. The van der Waals surface area contributed by atoms with Gasteiger partial charge in [0.2, 0.25) is 0 Å². The van der Waals surface area contributed by atoms with E-state index in [9.17, 15) is 0 Å². The summed E-state index contributed by atoms with van der Waals surface area (Å²) in [5, 5.41) is 11.8. The average Bonchev–Trinajstić information content (AvgIpc) is 3.33. The SMILES string of the molecule is CN=C(NCCOCC1CC1)NCC(c1ccc(Cl)cc1)n1cccn1.I. The third kappa shape index (κ3) is 7.31. The third-order valence-electron chi connectivity index (χ3n) is 4.37. The molecule has 3 rings (SSSR count). The van der Waals surface area contributed by atoms with Crippen LogP contribution in [0.4, 0.5) is 0 Å². The van der Waals surface area contributed by atoms with Gasteiger partial charge in [0, 0.05) is 44.2 Å². The molecule has 1 fully saturated rings. The van der Waals surface area contributed by atoms with Crippen LogP contribution >= 0.6 is 35.6 Å². The van der Waals surface area contributed by atoms with E-state index < -0.39 is 0 Å². The molecule has 1 atom stereocenters. The molecule has 2 aromatic rings. The fourth-order valence-corrected chi connectivity index (χ4v) is 2.83. The molecule has 0 saturated heterocycles. The molecule has 1 heterocycles. The number of hydrogen-bond acceptors (Lipinski definition) is 3. The van der Waals surface area contributed by atoms with Gasteiger partial charge in [-0.3, -0.25) is 9.67 Å². The van der Waals surface area contributed by atoms with Crippen LogP contribution in [0.25, 0.3) is 0 Å². The fraction of sp³-hybridized carbons (Fsp3) is 0.474. The Bertz CT molecular complexity index is 689. The van der Waals surface area contributed by atoms with E-state index in [2.05, 4.69) is 20.7 Å². The highest BCUT2D eigenvalue weighted by atomic mass is 127. The maximum absolute atomic E-state index is 6.02. The standard InChI is InChI=1S/C19H26ClN5O.HI/c1-21-19(22-10-12-26-14-15-3-4-15)23-13-18(25-11-2-9-24-25)16-5-7-17(20)8-6-16;/h2,5-9,11,15,18H,3-4,10,12-14H2,1H3,(H2,21,22,23);1H. The number of nitrogens with one attached hydrogen (secondary N) is 2. The Kier molecular flexibility index (Phi) is 9.36. The second kappa shape index (κ2) is 11.5. The van der Waals surface area contributed by atoms with E-state index in [1.165, 1.54) is 12.8 Å². The predicted octanol–water partition coefficient (Wildman–Crippen LogP) is 3.34. The number of nitrogens with zero attached hydrogens (tertiary/aromatic N) is 3. The van der Waals surface area contributed by atoms with Crippen molar-refractivity contribution in [3.63, 3.8) is 0 Å². The van der Waals surface area contributed by atoms with Crippen LogP contribution in [0.1, 0.15) is 24.4 Å². The minimum atomic E-state index is 0. The molecule has 0 radical (unpaired) electrons. The number of aliphatic imine (C=N–C) groups is 1. The van der Waals surface area contributed by atoms with Crippen LogP contribution in [0.5, 0.6) is 0 Å². The number of ether oxygens (including phenoxy) is 1. The van der Waals surface area contributed by atoms with Gasteiger partial charge in [0.1, 0.15) is 0 Å². The molecule has 0 aliphatic heterocycles. The zero-order valence-electron chi connectivity index (χ0n) is 15.5. The van der Waals surface area contributed by atoms with Crippen molar-refractivity contribution in [1.29, 1.82) is 0 Å². The van der Waals surface area contributed by atoms with Gasteiger partial charge in [0.05, 0.1) is 12.6 Å². The van der Waals surface area contributed by atoms with Gasteiger partial charge in [0.15, 0.2) is 5.96 Å². The number of aromatic nitrogens is 2. The molecular weight excluding hydrogens is 477 g/mol. The van der Waals surface area contributed by atoms with Crippen LogP contribution in [-0.2, 0) is 4.74 Å². The van der Waals surface area contributed by atoms with Crippen LogP contribution in [0, 0.1) is 5.92 Å². The molecule has 1 aromatic heterocycles. The van der Waals surface area contributed by atoms with Gasteiger partial charge in [-0.2, -0.15) is 5.10 Å². The highest BCUT2D eigenvalue weighted by Gasteiger charge is 2.20. The monoisotopic (exact) mass is 503 g/mol. The van der Waals surface area contributed by atoms with Crippen LogP contribution in [-0.4, -0.2) is 49.1 Å². The average molecular weight is 504 g/mol. The highest BCUT2D eigenvalue weighted by molar-refractivity contribution is 14.0. The molecule has 1 aliphatic carbocycles. The topological polar surface area (TPSA) is 63.5 Å². The lowest BCUT2D eigenvalue weighted by Crippen LogP contribution is -2.41. The van der Waals surface area contributed by atoms with Gasteiger partial charge in [-0.05, 0) is 42.5 Å². The van der Waals surface area contributed by atoms with Crippen LogP contribution < -0.4 is 10.6 Å². The van der Waals surface area contributed by atoms with Crippen molar-refractivity contribution in [3.8, 4) is 0 Å². The minimum absolute atomic E-state index is 0. The Morgan fingerprint density at radius 3 is 2.74 bits per heavy atom. The first-order chi connectivity index (χ1) is 12.8. The summed E-state index contributed by atoms with van der Waals surface area (Å²) < 4.78 is 7.58. The second-order valence-corrected chi connectivity index (χ2v) is 6.89. The molecule has 1 aromatic carbocycles. The first kappa shape index (κ1) is 22.0. The molecule has 2 N–H and O–H groups in total. The summed E-state index contributed by atoms with van der Waals surface area (Å²) >= 11 is 6.02. The zero-order chi connectivity index (χ0) is 18.2. The third-order valence-corrected chi connectivity index (χ3v) is 4.63. The maximum atomic E-state index is 6.02. The second-order valence-electron chi connectivity index (χ2n) is 6.45. The van der Waals surface area contributed by atoms with Crippen molar-refractivity contribution in [2.45, 2.75) is 18.9 Å². The Labute approximate surface area is 182 Å². The van der Waals surface area contributed by atoms with Crippen molar-refractivity contribution in [1.82, 2.24) is 20.4 Å². The first-order valence-corrected chi connectivity index (χ1v) is 9.41. The summed E-state index contributed by atoms with van der Waals surface area (Å²) in [5.74, 6) is 1.55. The number of rotatable bonds is 9. The van der Waals surface area contributed by atoms with Gasteiger partial charge in [0.25, 0.3) is 0 Å². The zero-order valence-corrected chi connectivity index (χ0v) is 18.6. The van der Waals surface area contributed by atoms with Gasteiger partial charge in [-0.1, -0.05) is 23.7 Å². The van der Waals surface area contributed by atoms with Crippen LogP contribution in [0.2, 0.25) is 5.02 Å². The first-order valence-electron chi connectivity index (χ1n) is 9.03. The summed E-state index contributed by atoms with van der Waals surface area (Å²) in [4.78, 5) is 4.28. The van der Waals surface area contributed by atoms with Crippen LogP contribution in [0.15, 0.2) is 47.7 Å². The molecule has 1 saturated carbocycles. The number of benzene rings is 1. The van der Waals surface area contributed by atoms with Crippen molar-refractivity contribution in [2.24, 2.45) is 10.9 Å². The molecule has 0 bridgehead atoms. The largest absolute Gasteiger partial charge is 0.379 e. The van der Waals surface area contributed by atoms with Crippen LogP contribution in [0.3, 0.4) is 0 Å². The Morgan fingerprint density at radius 2 is 2.11 bits per heavy atom. The summed E-state index contributed by atoms with van der Waals surface area (Å²) in [6, 6.07) is 9.82. The minimum Gasteiger partial charge on any atom is -0.379 e. The van der Waals surface area contributed by atoms with E-state index in [1.54, 1.807) is 13.2 Å². The Balaban J connectivity index is 0.00000261. The molecule has 1 aliphatic rings. The highest BCUT2D eigenvalue weighted by Crippen LogP contribution is 2.28. The lowest BCUT2D eigenvalue weighted by molar-refractivity contribution is 0.129. The fourth-order valence-electron chi connectivity index (χ4n) is 2.70. The molecule has 0 spiro atoms. The summed E-state index contributed by atoms with van der Waals surface area (Å²) in [5.41, 5.74) is 1.13. The lowest BCUT2D eigenvalue weighted by atomic mass is 10.1. The van der Waals surface area contributed by atoms with Crippen molar-refractivity contribution < 1.29 is 4.74 Å². The van der Waals surface area contributed by atoms with E-state index in [4.69, 9.17) is 16.3 Å². The van der Waals surface area contributed by atoms with E-state index in [0.29, 0.717) is 13.2 Å². The molecule has 1 unspecified atom stereocenters. The van der Waals surface area contributed by atoms with Gasteiger partial charge in [-0.25, -0.2) is 0 Å². The normalized spacial score (nSPS) is 15.1. The number of guanidine groups is 1. The van der Waals surface area contributed by atoms with Crippen molar-refractivity contribution in [3.05, 3.63) is 53.3 Å². The quantitative estimate of drug-likeness (QED) is 0.238. The van der Waals surface area contributed by atoms with E-state index >= 15 is 0 Å². The molecule has 0 amide bonds. The molecule has 27 heavy (non-hydrogen) atoms. The van der Waals surface area contributed by atoms with Gasteiger partial charge < -0.3 is 15.4 Å². The maximum Gasteiger partial charge on any atom is 0.191 e. The van der Waals surface area contributed by atoms with E-state index in [0.717, 1.165) is 35.6 Å². The summed E-state index contributed by atoms with van der Waals surface area (Å²) in [6.45, 7) is 2.97. The Hall–Kier alpha value is -1.32. The smallest absolute Gasteiger partial charge is 0.191 e. The van der Waals surface area contributed by atoms with Gasteiger partial charge >= 0.3 is 0 Å². The predicted molar refractivity (Wildman–Crippen MR) is 120 cm³/mol. The molecule has 6 nitrogen and oxygen atoms in total. The Morgan fingerprint density at radius 1 is 1.33 bits per heavy atom. The van der Waals surface area contributed by atoms with E-state index in [-0.39, 0.29) is 30.0 Å². The van der Waals surface area contributed by atoms with E-state index in [1.807, 2.05) is 41.2 Å². The number of halogens is 2. The lowest BCUT2D eigenvalue weighted by Gasteiger charge is -2.20. The number of hydrogen-bond donors (Lipinski definition) is 2.